The summed E-state index contributed by atoms with van der Waals surface area (Å²) in [4.78, 5) is 16.2. The minimum atomic E-state index is -0.318. The number of piperazine rings is 1. The molecular weight excluding hydrogens is 202 g/mol. The normalized spacial score (nSPS) is 20.9. The van der Waals surface area contributed by atoms with E-state index in [0.29, 0.717) is 0 Å². The van der Waals surface area contributed by atoms with Gasteiger partial charge in [0.05, 0.1) is 6.04 Å². The molecule has 1 heterocycles. The number of rotatable bonds is 2. The molecule has 1 rings (SSSR count). The summed E-state index contributed by atoms with van der Waals surface area (Å²) in [6.45, 7) is 12.1. The molecule has 1 aliphatic heterocycles. The summed E-state index contributed by atoms with van der Waals surface area (Å²) in [5.41, 5.74) is 5.96. The van der Waals surface area contributed by atoms with Crippen LogP contribution in [0.4, 0.5) is 0 Å². The first-order valence-corrected chi connectivity index (χ1v) is 6.15. The van der Waals surface area contributed by atoms with Gasteiger partial charge in [-0.1, -0.05) is 6.92 Å². The lowest BCUT2D eigenvalue weighted by Crippen LogP contribution is -2.57. The van der Waals surface area contributed by atoms with E-state index in [1.165, 1.54) is 0 Å². The second kappa shape index (κ2) is 5.15. The molecule has 0 bridgehead atoms. The van der Waals surface area contributed by atoms with E-state index in [1.54, 1.807) is 0 Å². The number of amides is 1. The Bertz CT molecular complexity index is 239. The second-order valence-electron chi connectivity index (χ2n) is 5.50. The van der Waals surface area contributed by atoms with Crippen LogP contribution in [0.15, 0.2) is 0 Å². The lowest BCUT2D eigenvalue weighted by atomic mass is 10.0. The van der Waals surface area contributed by atoms with Crippen LogP contribution in [0.3, 0.4) is 0 Å². The Balaban J connectivity index is 2.46. The van der Waals surface area contributed by atoms with Crippen molar-refractivity contribution in [2.75, 3.05) is 26.2 Å². The molecule has 0 spiro atoms. The average molecular weight is 227 g/mol. The summed E-state index contributed by atoms with van der Waals surface area (Å²) in [7, 11) is 0. The number of hydrogen-bond donors (Lipinski definition) is 1. The molecule has 0 saturated carbocycles. The van der Waals surface area contributed by atoms with Crippen LogP contribution in [-0.2, 0) is 4.79 Å². The van der Waals surface area contributed by atoms with Crippen LogP contribution < -0.4 is 5.73 Å². The first kappa shape index (κ1) is 13.5. The minimum Gasteiger partial charge on any atom is -0.339 e. The van der Waals surface area contributed by atoms with Gasteiger partial charge in [0.25, 0.3) is 0 Å². The summed E-state index contributed by atoms with van der Waals surface area (Å²) >= 11 is 0. The van der Waals surface area contributed by atoms with Crippen molar-refractivity contribution in [3.63, 3.8) is 0 Å². The summed E-state index contributed by atoms with van der Waals surface area (Å²) in [5, 5.41) is 0. The molecule has 4 heteroatoms. The number of carbonyl (C=O) groups is 1. The van der Waals surface area contributed by atoms with Crippen molar-refractivity contribution in [2.45, 2.75) is 45.7 Å². The third-order valence-corrected chi connectivity index (χ3v) is 3.30. The highest BCUT2D eigenvalue weighted by atomic mass is 16.2. The fourth-order valence-corrected chi connectivity index (χ4v) is 2.01. The Hall–Kier alpha value is -0.610. The van der Waals surface area contributed by atoms with Crippen LogP contribution in [0.25, 0.3) is 0 Å². The topological polar surface area (TPSA) is 49.6 Å². The smallest absolute Gasteiger partial charge is 0.239 e. The lowest BCUT2D eigenvalue weighted by Gasteiger charge is -2.42. The van der Waals surface area contributed by atoms with E-state index in [1.807, 2.05) is 11.8 Å². The molecule has 1 amide bonds. The highest BCUT2D eigenvalue weighted by Gasteiger charge is 2.29. The van der Waals surface area contributed by atoms with Gasteiger partial charge >= 0.3 is 0 Å². The van der Waals surface area contributed by atoms with Gasteiger partial charge in [-0.25, -0.2) is 0 Å². The van der Waals surface area contributed by atoms with E-state index in [2.05, 4.69) is 25.7 Å². The Labute approximate surface area is 98.8 Å². The monoisotopic (exact) mass is 227 g/mol. The van der Waals surface area contributed by atoms with Gasteiger partial charge in [0.1, 0.15) is 0 Å². The van der Waals surface area contributed by atoms with Crippen molar-refractivity contribution in [3.8, 4) is 0 Å². The van der Waals surface area contributed by atoms with E-state index in [4.69, 9.17) is 5.73 Å². The van der Waals surface area contributed by atoms with Gasteiger partial charge in [0.15, 0.2) is 0 Å². The highest BCUT2D eigenvalue weighted by molar-refractivity contribution is 5.81. The van der Waals surface area contributed by atoms with Crippen molar-refractivity contribution >= 4 is 5.91 Å². The van der Waals surface area contributed by atoms with Crippen LogP contribution in [-0.4, -0.2) is 53.5 Å². The Morgan fingerprint density at radius 1 is 1.25 bits per heavy atom. The first-order valence-electron chi connectivity index (χ1n) is 6.15. The maximum Gasteiger partial charge on any atom is 0.239 e. The van der Waals surface area contributed by atoms with Crippen molar-refractivity contribution in [2.24, 2.45) is 5.73 Å². The Kier molecular flexibility index (Phi) is 4.33. The van der Waals surface area contributed by atoms with Gasteiger partial charge in [-0.3, -0.25) is 9.69 Å². The third-order valence-electron chi connectivity index (χ3n) is 3.30. The molecule has 0 unspecified atom stereocenters. The predicted octanol–water partition coefficient (Wildman–Crippen LogP) is 0.666. The fraction of sp³-hybridized carbons (Fsp3) is 0.917. The highest BCUT2D eigenvalue weighted by Crippen LogP contribution is 2.16. The number of carbonyl (C=O) groups excluding carboxylic acids is 1. The van der Waals surface area contributed by atoms with Crippen LogP contribution in [0.2, 0.25) is 0 Å². The predicted molar refractivity (Wildman–Crippen MR) is 66.2 cm³/mol. The molecular formula is C12H25N3O. The molecule has 2 N–H and O–H groups in total. The van der Waals surface area contributed by atoms with Crippen molar-refractivity contribution in [3.05, 3.63) is 0 Å². The van der Waals surface area contributed by atoms with E-state index in [0.717, 1.165) is 32.6 Å². The number of hydrogen-bond acceptors (Lipinski definition) is 3. The number of nitrogens with two attached hydrogens (primary N) is 1. The Morgan fingerprint density at radius 3 is 2.12 bits per heavy atom. The maximum absolute atomic E-state index is 11.9. The summed E-state index contributed by atoms with van der Waals surface area (Å²) < 4.78 is 0. The molecule has 94 valence electrons. The SMILES string of the molecule is CC[C@@H](N)C(=O)N1CCN(C(C)(C)C)CC1. The van der Waals surface area contributed by atoms with Gasteiger partial charge in [0, 0.05) is 31.7 Å². The molecule has 0 radical (unpaired) electrons. The molecule has 0 aliphatic carbocycles. The largest absolute Gasteiger partial charge is 0.339 e. The molecule has 0 aromatic carbocycles. The fourth-order valence-electron chi connectivity index (χ4n) is 2.01. The van der Waals surface area contributed by atoms with E-state index in [9.17, 15) is 4.79 Å². The lowest BCUT2D eigenvalue weighted by molar-refractivity contribution is -0.135. The van der Waals surface area contributed by atoms with E-state index in [-0.39, 0.29) is 17.5 Å². The van der Waals surface area contributed by atoms with Crippen molar-refractivity contribution < 1.29 is 4.79 Å². The van der Waals surface area contributed by atoms with Gasteiger partial charge < -0.3 is 10.6 Å². The average Bonchev–Trinajstić information content (AvgIpc) is 2.26. The van der Waals surface area contributed by atoms with Crippen LogP contribution in [0, 0.1) is 0 Å². The maximum atomic E-state index is 11.9. The van der Waals surface area contributed by atoms with E-state index >= 15 is 0 Å². The zero-order valence-electron chi connectivity index (χ0n) is 11.0. The zero-order chi connectivity index (χ0) is 12.3. The van der Waals surface area contributed by atoms with Crippen LogP contribution >= 0.6 is 0 Å². The Morgan fingerprint density at radius 2 is 1.75 bits per heavy atom. The second-order valence-corrected chi connectivity index (χ2v) is 5.50. The summed E-state index contributed by atoms with van der Waals surface area (Å²) in [5.74, 6) is 0.107. The van der Waals surface area contributed by atoms with E-state index < -0.39 is 0 Å². The third kappa shape index (κ3) is 3.19. The van der Waals surface area contributed by atoms with Gasteiger partial charge in [-0.15, -0.1) is 0 Å². The summed E-state index contributed by atoms with van der Waals surface area (Å²) in [6.07, 6.45) is 0.721. The molecule has 1 fully saturated rings. The standard InChI is InChI=1S/C12H25N3O/c1-5-10(13)11(16)14-6-8-15(9-7-14)12(2,3)4/h10H,5-9,13H2,1-4H3/t10-/m1/s1. The molecule has 1 atom stereocenters. The van der Waals surface area contributed by atoms with Crippen LogP contribution in [0.1, 0.15) is 34.1 Å². The molecule has 16 heavy (non-hydrogen) atoms. The minimum absolute atomic E-state index is 0.107. The molecule has 0 aromatic rings. The van der Waals surface area contributed by atoms with Gasteiger partial charge in [-0.05, 0) is 27.2 Å². The zero-order valence-corrected chi connectivity index (χ0v) is 11.0. The van der Waals surface area contributed by atoms with Gasteiger partial charge in [-0.2, -0.15) is 0 Å². The quantitative estimate of drug-likeness (QED) is 0.754. The number of nitrogens with zero attached hydrogens (tertiary/aromatic N) is 2. The van der Waals surface area contributed by atoms with Crippen molar-refractivity contribution in [1.29, 1.82) is 0 Å². The molecule has 4 nitrogen and oxygen atoms in total. The molecule has 1 aliphatic rings. The first-order chi connectivity index (χ1) is 7.36. The van der Waals surface area contributed by atoms with Crippen LogP contribution in [0.5, 0.6) is 0 Å². The van der Waals surface area contributed by atoms with Crippen molar-refractivity contribution in [1.82, 2.24) is 9.80 Å². The molecule has 0 aromatic heterocycles. The van der Waals surface area contributed by atoms with Gasteiger partial charge in [0.2, 0.25) is 5.91 Å². The molecule has 1 saturated heterocycles. The summed E-state index contributed by atoms with van der Waals surface area (Å²) in [6, 6.07) is -0.318.